The molecule has 2 nitrogen and oxygen atoms in total. The van der Waals surface area contributed by atoms with Crippen molar-refractivity contribution in [1.82, 2.24) is 0 Å². The highest BCUT2D eigenvalue weighted by molar-refractivity contribution is 5.63. The fraction of sp³-hybridized carbons (Fsp3) is 0.143. The first-order valence-corrected chi connectivity index (χ1v) is 5.42. The van der Waals surface area contributed by atoms with Crippen molar-refractivity contribution < 1.29 is 0 Å². The Morgan fingerprint density at radius 1 is 0.812 bits per heavy atom. The zero-order chi connectivity index (χ0) is 11.4. The predicted molar refractivity (Wildman–Crippen MR) is 67.9 cm³/mol. The van der Waals surface area contributed by atoms with Crippen molar-refractivity contribution in [3.63, 3.8) is 0 Å². The number of hydrogen-bond donors (Lipinski definition) is 2. The van der Waals surface area contributed by atoms with Gasteiger partial charge in [0.1, 0.15) is 0 Å². The van der Waals surface area contributed by atoms with Crippen molar-refractivity contribution in [3.05, 3.63) is 60.2 Å². The van der Waals surface area contributed by atoms with Crippen LogP contribution in [0.15, 0.2) is 54.6 Å². The summed E-state index contributed by atoms with van der Waals surface area (Å²) in [5.74, 6) is 0. The summed E-state index contributed by atoms with van der Waals surface area (Å²) >= 11 is 0. The minimum atomic E-state index is -0.0650. The van der Waals surface area contributed by atoms with E-state index in [0.717, 1.165) is 5.56 Å². The molecule has 2 aromatic carbocycles. The van der Waals surface area contributed by atoms with Crippen molar-refractivity contribution in [2.24, 2.45) is 11.5 Å². The summed E-state index contributed by atoms with van der Waals surface area (Å²) in [5, 5.41) is 0. The molecule has 2 rings (SSSR count). The molecule has 16 heavy (non-hydrogen) atoms. The van der Waals surface area contributed by atoms with Crippen LogP contribution in [0.3, 0.4) is 0 Å². The van der Waals surface area contributed by atoms with Crippen LogP contribution in [0.25, 0.3) is 11.1 Å². The molecule has 2 aromatic rings. The lowest BCUT2D eigenvalue weighted by atomic mass is 10.0. The highest BCUT2D eigenvalue weighted by atomic mass is 14.7. The highest BCUT2D eigenvalue weighted by Crippen LogP contribution is 2.20. The van der Waals surface area contributed by atoms with Crippen molar-refractivity contribution >= 4 is 0 Å². The van der Waals surface area contributed by atoms with E-state index in [2.05, 4.69) is 24.3 Å². The van der Waals surface area contributed by atoms with Gasteiger partial charge >= 0.3 is 0 Å². The zero-order valence-corrected chi connectivity index (χ0v) is 9.14. The lowest BCUT2D eigenvalue weighted by Gasteiger charge is -2.09. The molecule has 0 saturated heterocycles. The topological polar surface area (TPSA) is 52.0 Å². The molecular weight excluding hydrogens is 196 g/mol. The number of nitrogens with two attached hydrogens (primary N) is 2. The Labute approximate surface area is 95.9 Å². The average molecular weight is 212 g/mol. The van der Waals surface area contributed by atoms with Crippen molar-refractivity contribution in [2.75, 3.05) is 6.54 Å². The van der Waals surface area contributed by atoms with Gasteiger partial charge in [-0.3, -0.25) is 0 Å². The monoisotopic (exact) mass is 212 g/mol. The smallest absolute Gasteiger partial charge is 0.0419 e. The molecule has 0 bridgehead atoms. The molecule has 0 saturated carbocycles. The molecule has 2 heteroatoms. The first-order valence-electron chi connectivity index (χ1n) is 5.42. The molecule has 0 fully saturated rings. The molecular formula is C14H16N2. The maximum Gasteiger partial charge on any atom is 0.0419 e. The largest absolute Gasteiger partial charge is 0.329 e. The van der Waals surface area contributed by atoms with Gasteiger partial charge < -0.3 is 11.5 Å². The van der Waals surface area contributed by atoms with Gasteiger partial charge in [-0.1, -0.05) is 54.6 Å². The van der Waals surface area contributed by atoms with Crippen LogP contribution in [0, 0.1) is 0 Å². The quantitative estimate of drug-likeness (QED) is 0.820. The van der Waals surface area contributed by atoms with Crippen LogP contribution in [0.2, 0.25) is 0 Å². The molecule has 1 atom stereocenters. The minimum absolute atomic E-state index is 0.0650. The molecule has 82 valence electrons. The van der Waals surface area contributed by atoms with Gasteiger partial charge in [0.05, 0.1) is 0 Å². The molecule has 4 N–H and O–H groups in total. The molecule has 0 aromatic heterocycles. The molecule has 0 heterocycles. The van der Waals surface area contributed by atoms with Crippen LogP contribution < -0.4 is 11.5 Å². The maximum atomic E-state index is 5.86. The summed E-state index contributed by atoms with van der Waals surface area (Å²) < 4.78 is 0. The minimum Gasteiger partial charge on any atom is -0.329 e. The van der Waals surface area contributed by atoms with Gasteiger partial charge in [-0.2, -0.15) is 0 Å². The van der Waals surface area contributed by atoms with Gasteiger partial charge in [0.15, 0.2) is 0 Å². The second kappa shape index (κ2) is 4.92. The first-order chi connectivity index (χ1) is 7.81. The summed E-state index contributed by atoms with van der Waals surface area (Å²) in [6.07, 6.45) is 0. The van der Waals surface area contributed by atoms with Gasteiger partial charge in [0.25, 0.3) is 0 Å². The summed E-state index contributed by atoms with van der Waals surface area (Å²) in [6, 6.07) is 18.5. The zero-order valence-electron chi connectivity index (χ0n) is 9.14. The summed E-state index contributed by atoms with van der Waals surface area (Å²) in [5.41, 5.74) is 14.9. The Morgan fingerprint density at radius 3 is 1.94 bits per heavy atom. The van der Waals surface area contributed by atoms with Crippen LogP contribution in [0.5, 0.6) is 0 Å². The third-order valence-corrected chi connectivity index (χ3v) is 2.70. The standard InChI is InChI=1S/C14H16N2/c15-10-14(16)13-8-6-12(7-9-13)11-4-2-1-3-5-11/h1-9,14H,10,15-16H2/t14-/m0/s1. The Hall–Kier alpha value is -1.64. The second-order valence-corrected chi connectivity index (χ2v) is 3.83. The van der Waals surface area contributed by atoms with Crippen LogP contribution in [-0.4, -0.2) is 6.54 Å². The van der Waals surface area contributed by atoms with E-state index in [9.17, 15) is 0 Å². The Bertz CT molecular complexity index is 434. The van der Waals surface area contributed by atoms with E-state index in [-0.39, 0.29) is 6.04 Å². The number of hydrogen-bond acceptors (Lipinski definition) is 2. The third-order valence-electron chi connectivity index (χ3n) is 2.70. The van der Waals surface area contributed by atoms with Crippen LogP contribution in [0.4, 0.5) is 0 Å². The Balaban J connectivity index is 2.26. The maximum absolute atomic E-state index is 5.86. The van der Waals surface area contributed by atoms with Gasteiger partial charge in [-0.05, 0) is 16.7 Å². The molecule has 0 aliphatic carbocycles. The number of rotatable bonds is 3. The van der Waals surface area contributed by atoms with E-state index in [1.165, 1.54) is 11.1 Å². The fourth-order valence-corrected chi connectivity index (χ4v) is 1.69. The lowest BCUT2D eigenvalue weighted by molar-refractivity contribution is 0.737. The third kappa shape index (κ3) is 2.30. The molecule has 0 aliphatic rings. The summed E-state index contributed by atoms with van der Waals surface area (Å²) in [6.45, 7) is 0.477. The van der Waals surface area contributed by atoms with Crippen molar-refractivity contribution in [2.45, 2.75) is 6.04 Å². The second-order valence-electron chi connectivity index (χ2n) is 3.83. The van der Waals surface area contributed by atoms with E-state index >= 15 is 0 Å². The normalized spacial score (nSPS) is 12.4. The van der Waals surface area contributed by atoms with E-state index in [4.69, 9.17) is 11.5 Å². The fourth-order valence-electron chi connectivity index (χ4n) is 1.69. The molecule has 0 spiro atoms. The van der Waals surface area contributed by atoms with Crippen molar-refractivity contribution in [3.8, 4) is 11.1 Å². The molecule has 0 unspecified atom stereocenters. The summed E-state index contributed by atoms with van der Waals surface area (Å²) in [7, 11) is 0. The Kier molecular flexibility index (Phi) is 3.34. The summed E-state index contributed by atoms with van der Waals surface area (Å²) in [4.78, 5) is 0. The van der Waals surface area contributed by atoms with Gasteiger partial charge in [0, 0.05) is 12.6 Å². The van der Waals surface area contributed by atoms with Gasteiger partial charge in [-0.25, -0.2) is 0 Å². The molecule has 0 aliphatic heterocycles. The van der Waals surface area contributed by atoms with E-state index in [1.807, 2.05) is 30.3 Å². The van der Waals surface area contributed by atoms with E-state index < -0.39 is 0 Å². The average Bonchev–Trinajstić information content (AvgIpc) is 2.39. The Morgan fingerprint density at radius 2 is 1.38 bits per heavy atom. The highest BCUT2D eigenvalue weighted by Gasteiger charge is 2.03. The predicted octanol–water partition coefficient (Wildman–Crippen LogP) is 2.31. The van der Waals surface area contributed by atoms with Crippen LogP contribution in [0.1, 0.15) is 11.6 Å². The van der Waals surface area contributed by atoms with Crippen molar-refractivity contribution in [1.29, 1.82) is 0 Å². The van der Waals surface area contributed by atoms with E-state index in [0.29, 0.717) is 6.54 Å². The van der Waals surface area contributed by atoms with Crippen LogP contribution >= 0.6 is 0 Å². The van der Waals surface area contributed by atoms with Gasteiger partial charge in [-0.15, -0.1) is 0 Å². The molecule has 0 radical (unpaired) electrons. The van der Waals surface area contributed by atoms with Gasteiger partial charge in [0.2, 0.25) is 0 Å². The van der Waals surface area contributed by atoms with E-state index in [1.54, 1.807) is 0 Å². The van der Waals surface area contributed by atoms with Crippen LogP contribution in [-0.2, 0) is 0 Å². The number of benzene rings is 2. The molecule has 0 amide bonds. The lowest BCUT2D eigenvalue weighted by Crippen LogP contribution is -2.20. The first kappa shape index (κ1) is 10.9. The SMILES string of the molecule is NC[C@H](N)c1ccc(-c2ccccc2)cc1.